The molecule has 0 aliphatic rings. The minimum absolute atomic E-state index is 0.292. The van der Waals surface area contributed by atoms with Gasteiger partial charge < -0.3 is 4.74 Å². The third-order valence-electron chi connectivity index (χ3n) is 3.57. The molecule has 0 saturated carbocycles. The Labute approximate surface area is 171 Å². The Bertz CT molecular complexity index is 986. The molecule has 0 bridgehead atoms. The van der Waals surface area contributed by atoms with E-state index in [9.17, 15) is 4.79 Å². The number of rotatable bonds is 6. The lowest BCUT2D eigenvalue weighted by molar-refractivity contribution is -0.111. The topological polar surface area (TPSA) is 51.2 Å². The van der Waals surface area contributed by atoms with Crippen molar-refractivity contribution < 1.29 is 9.53 Å². The van der Waals surface area contributed by atoms with E-state index in [1.165, 1.54) is 17.4 Å². The minimum Gasteiger partial charge on any atom is -0.493 e. The number of para-hydroxylation sites is 1. The summed E-state index contributed by atoms with van der Waals surface area (Å²) in [6, 6.07) is 12.8. The summed E-state index contributed by atoms with van der Waals surface area (Å²) in [6.07, 6.45) is 3.04. The highest BCUT2D eigenvalue weighted by Crippen LogP contribution is 2.32. The number of carbonyl (C=O) groups is 1. The molecule has 0 aliphatic heterocycles. The first kappa shape index (κ1) is 19.4. The number of halogens is 2. The molecular formula is C20H16Cl2N2O2S. The number of aromatic nitrogens is 1. The van der Waals surface area contributed by atoms with Gasteiger partial charge in [0.05, 0.1) is 12.3 Å². The molecule has 0 spiro atoms. The summed E-state index contributed by atoms with van der Waals surface area (Å²) in [5.41, 5.74) is 2.35. The van der Waals surface area contributed by atoms with E-state index < -0.39 is 0 Å². The highest BCUT2D eigenvalue weighted by molar-refractivity contribution is 7.14. The van der Waals surface area contributed by atoms with Crippen molar-refractivity contribution >= 4 is 51.7 Å². The summed E-state index contributed by atoms with van der Waals surface area (Å²) in [7, 11) is 0. The van der Waals surface area contributed by atoms with Crippen LogP contribution in [-0.2, 0) is 4.79 Å². The summed E-state index contributed by atoms with van der Waals surface area (Å²) in [5, 5.41) is 6.17. The highest BCUT2D eigenvalue weighted by Gasteiger charge is 2.11. The Morgan fingerprint density at radius 1 is 1.26 bits per heavy atom. The maximum absolute atomic E-state index is 12.2. The SMILES string of the molecule is CCOc1ccccc1-c1csc(NC(=O)C=Cc2ccc(Cl)cc2Cl)n1. The second-order valence-electron chi connectivity index (χ2n) is 5.46. The predicted octanol–water partition coefficient (Wildman–Crippen LogP) is 6.17. The van der Waals surface area contributed by atoms with Crippen LogP contribution in [0.1, 0.15) is 12.5 Å². The van der Waals surface area contributed by atoms with E-state index in [1.54, 1.807) is 24.3 Å². The Kier molecular flexibility index (Phi) is 6.50. The van der Waals surface area contributed by atoms with Crippen LogP contribution in [0.5, 0.6) is 5.75 Å². The summed E-state index contributed by atoms with van der Waals surface area (Å²) in [6.45, 7) is 2.51. The van der Waals surface area contributed by atoms with Crippen molar-refractivity contribution in [1.29, 1.82) is 0 Å². The maximum atomic E-state index is 12.2. The van der Waals surface area contributed by atoms with Gasteiger partial charge in [0.15, 0.2) is 5.13 Å². The molecule has 7 heteroatoms. The van der Waals surface area contributed by atoms with Crippen molar-refractivity contribution in [3.05, 3.63) is 69.5 Å². The monoisotopic (exact) mass is 418 g/mol. The molecular weight excluding hydrogens is 403 g/mol. The van der Waals surface area contributed by atoms with Gasteiger partial charge >= 0.3 is 0 Å². The number of carbonyl (C=O) groups excluding carboxylic acids is 1. The summed E-state index contributed by atoms with van der Waals surface area (Å²) < 4.78 is 5.63. The van der Waals surface area contributed by atoms with E-state index in [0.717, 1.165) is 17.0 Å². The molecule has 0 saturated heterocycles. The zero-order chi connectivity index (χ0) is 19.2. The molecule has 0 fully saturated rings. The molecule has 2 aromatic carbocycles. The number of amides is 1. The fraction of sp³-hybridized carbons (Fsp3) is 0.100. The Balaban J connectivity index is 1.70. The average Bonchev–Trinajstić information content (AvgIpc) is 3.10. The van der Waals surface area contributed by atoms with Crippen molar-refractivity contribution in [2.75, 3.05) is 11.9 Å². The lowest BCUT2D eigenvalue weighted by Gasteiger charge is -2.07. The zero-order valence-corrected chi connectivity index (χ0v) is 16.7. The fourth-order valence-electron chi connectivity index (χ4n) is 2.36. The molecule has 0 radical (unpaired) electrons. The van der Waals surface area contributed by atoms with Gasteiger partial charge in [-0.2, -0.15) is 0 Å². The fourth-order valence-corrected chi connectivity index (χ4v) is 3.55. The Hall–Kier alpha value is -2.34. The zero-order valence-electron chi connectivity index (χ0n) is 14.4. The van der Waals surface area contributed by atoms with Gasteiger partial charge in [-0.15, -0.1) is 11.3 Å². The lowest BCUT2D eigenvalue weighted by atomic mass is 10.1. The molecule has 4 nitrogen and oxygen atoms in total. The standard InChI is InChI=1S/C20H16Cl2N2O2S/c1-2-26-18-6-4-3-5-15(18)17-12-27-20(23-17)24-19(25)10-8-13-7-9-14(21)11-16(13)22/h3-12H,2H2,1H3,(H,23,24,25). The molecule has 1 aromatic heterocycles. The van der Waals surface area contributed by atoms with Gasteiger partial charge in [-0.3, -0.25) is 10.1 Å². The van der Waals surface area contributed by atoms with E-state index in [0.29, 0.717) is 27.3 Å². The van der Waals surface area contributed by atoms with E-state index >= 15 is 0 Å². The van der Waals surface area contributed by atoms with Crippen molar-refractivity contribution in [3.63, 3.8) is 0 Å². The minimum atomic E-state index is -0.292. The normalized spacial score (nSPS) is 10.9. The van der Waals surface area contributed by atoms with Crippen LogP contribution < -0.4 is 10.1 Å². The van der Waals surface area contributed by atoms with Gasteiger partial charge in [-0.1, -0.05) is 41.4 Å². The van der Waals surface area contributed by atoms with Crippen LogP contribution in [0, 0.1) is 0 Å². The average molecular weight is 419 g/mol. The van der Waals surface area contributed by atoms with E-state index in [1.807, 2.05) is 36.6 Å². The Morgan fingerprint density at radius 3 is 2.85 bits per heavy atom. The van der Waals surface area contributed by atoms with Gasteiger partial charge in [0.25, 0.3) is 0 Å². The molecule has 27 heavy (non-hydrogen) atoms. The number of benzene rings is 2. The van der Waals surface area contributed by atoms with Crippen LogP contribution in [0.4, 0.5) is 5.13 Å². The predicted molar refractivity (Wildman–Crippen MR) is 113 cm³/mol. The maximum Gasteiger partial charge on any atom is 0.250 e. The van der Waals surface area contributed by atoms with Crippen molar-refractivity contribution in [3.8, 4) is 17.0 Å². The van der Waals surface area contributed by atoms with Gasteiger partial charge in [-0.25, -0.2) is 4.98 Å². The largest absolute Gasteiger partial charge is 0.493 e. The van der Waals surface area contributed by atoms with Crippen LogP contribution >= 0.6 is 34.5 Å². The first-order valence-corrected chi connectivity index (χ1v) is 9.82. The molecule has 0 aliphatic carbocycles. The van der Waals surface area contributed by atoms with Crippen LogP contribution in [0.3, 0.4) is 0 Å². The quantitative estimate of drug-likeness (QED) is 0.487. The molecule has 3 aromatic rings. The smallest absolute Gasteiger partial charge is 0.250 e. The molecule has 1 heterocycles. The highest BCUT2D eigenvalue weighted by atomic mass is 35.5. The van der Waals surface area contributed by atoms with Gasteiger partial charge in [0, 0.05) is 27.1 Å². The first-order chi connectivity index (χ1) is 13.1. The molecule has 3 rings (SSSR count). The summed E-state index contributed by atoms with van der Waals surface area (Å²) in [4.78, 5) is 16.6. The number of nitrogens with zero attached hydrogens (tertiary/aromatic N) is 1. The van der Waals surface area contributed by atoms with Crippen LogP contribution in [0.15, 0.2) is 53.9 Å². The number of nitrogens with one attached hydrogen (secondary N) is 1. The van der Waals surface area contributed by atoms with Crippen LogP contribution in [0.2, 0.25) is 10.0 Å². The van der Waals surface area contributed by atoms with Gasteiger partial charge in [0.2, 0.25) is 5.91 Å². The molecule has 0 atom stereocenters. The van der Waals surface area contributed by atoms with Crippen molar-refractivity contribution in [2.24, 2.45) is 0 Å². The van der Waals surface area contributed by atoms with Crippen LogP contribution in [0.25, 0.3) is 17.3 Å². The molecule has 1 amide bonds. The number of ether oxygens (including phenoxy) is 1. The summed E-state index contributed by atoms with van der Waals surface area (Å²) in [5.74, 6) is 0.473. The van der Waals surface area contributed by atoms with E-state index in [-0.39, 0.29) is 5.91 Å². The Morgan fingerprint density at radius 2 is 2.07 bits per heavy atom. The van der Waals surface area contributed by atoms with Crippen molar-refractivity contribution in [1.82, 2.24) is 4.98 Å². The number of thiazole rings is 1. The number of anilines is 1. The number of hydrogen-bond acceptors (Lipinski definition) is 4. The second-order valence-corrected chi connectivity index (χ2v) is 7.16. The van der Waals surface area contributed by atoms with Crippen molar-refractivity contribution in [2.45, 2.75) is 6.92 Å². The van der Waals surface area contributed by atoms with E-state index in [2.05, 4.69) is 10.3 Å². The van der Waals surface area contributed by atoms with E-state index in [4.69, 9.17) is 27.9 Å². The summed E-state index contributed by atoms with van der Waals surface area (Å²) >= 11 is 13.3. The third-order valence-corrected chi connectivity index (χ3v) is 4.89. The molecule has 1 N–H and O–H groups in total. The van der Waals surface area contributed by atoms with Gasteiger partial charge in [0.1, 0.15) is 5.75 Å². The number of hydrogen-bond donors (Lipinski definition) is 1. The first-order valence-electron chi connectivity index (χ1n) is 8.18. The third kappa shape index (κ3) is 5.10. The lowest BCUT2D eigenvalue weighted by Crippen LogP contribution is -2.07. The second kappa shape index (κ2) is 9.04. The molecule has 138 valence electrons. The van der Waals surface area contributed by atoms with Crippen LogP contribution in [-0.4, -0.2) is 17.5 Å². The molecule has 0 unspecified atom stereocenters. The van der Waals surface area contributed by atoms with Gasteiger partial charge in [-0.05, 0) is 42.8 Å².